The van der Waals surface area contributed by atoms with Crippen molar-refractivity contribution in [1.29, 1.82) is 0 Å². The Morgan fingerprint density at radius 1 is 0.938 bits per heavy atom. The fourth-order valence-corrected chi connectivity index (χ4v) is 6.93. The molecule has 162 valence electrons. The Labute approximate surface area is 198 Å². The Morgan fingerprint density at radius 2 is 1.66 bits per heavy atom. The Hall–Kier alpha value is -2.61. The van der Waals surface area contributed by atoms with E-state index in [0.717, 1.165) is 22.4 Å². The first-order valence-corrected chi connectivity index (χ1v) is 15.5. The number of hydrogen-bond donors (Lipinski definition) is 0. The van der Waals surface area contributed by atoms with Gasteiger partial charge in [0.2, 0.25) is 5.76 Å². The number of nitrogens with zero attached hydrogens (tertiary/aromatic N) is 2. The first-order chi connectivity index (χ1) is 15.3. The van der Waals surface area contributed by atoms with Gasteiger partial charge in [-0.2, -0.15) is 0 Å². The van der Waals surface area contributed by atoms with Crippen molar-refractivity contribution in [3.05, 3.63) is 83.1 Å². The lowest BCUT2D eigenvalue weighted by molar-refractivity contribution is -0.123. The van der Waals surface area contributed by atoms with Crippen molar-refractivity contribution in [3.63, 3.8) is 0 Å². The second-order valence-electron chi connectivity index (χ2n) is 9.26. The average Bonchev–Trinajstić information content (AvgIpc) is 3.25. The fraction of sp³-hybridized carbons (Fsp3) is 0.200. The quantitative estimate of drug-likeness (QED) is 0.256. The van der Waals surface area contributed by atoms with Crippen molar-refractivity contribution in [1.82, 2.24) is 4.90 Å². The van der Waals surface area contributed by atoms with Crippen LogP contribution in [0, 0.1) is 0 Å². The van der Waals surface area contributed by atoms with Gasteiger partial charge in [-0.3, -0.25) is 9.69 Å². The van der Waals surface area contributed by atoms with E-state index in [-0.39, 0.29) is 11.1 Å². The van der Waals surface area contributed by atoms with E-state index in [2.05, 4.69) is 60.9 Å². The zero-order chi connectivity index (χ0) is 22.5. The number of benzene rings is 3. The van der Waals surface area contributed by atoms with Gasteiger partial charge in [0.1, 0.15) is 5.03 Å². The predicted molar refractivity (Wildman–Crippen MR) is 138 cm³/mol. The van der Waals surface area contributed by atoms with Crippen molar-refractivity contribution >= 4 is 59.6 Å². The summed E-state index contributed by atoms with van der Waals surface area (Å²) in [5.41, 5.74) is 2.16. The van der Waals surface area contributed by atoms with Crippen molar-refractivity contribution < 1.29 is 9.53 Å². The maximum Gasteiger partial charge on any atom is 0.300 e. The fourth-order valence-electron chi connectivity index (χ4n) is 4.04. The number of amides is 1. The van der Waals surface area contributed by atoms with Gasteiger partial charge in [0.25, 0.3) is 11.1 Å². The van der Waals surface area contributed by atoms with Gasteiger partial charge in [-0.1, -0.05) is 92.1 Å². The van der Waals surface area contributed by atoms with E-state index >= 15 is 0 Å². The van der Waals surface area contributed by atoms with Crippen LogP contribution in [0.1, 0.15) is 5.56 Å². The van der Waals surface area contributed by atoms with Gasteiger partial charge in [-0.15, -0.1) is 0 Å². The summed E-state index contributed by atoms with van der Waals surface area (Å²) in [5, 5.41) is 3.45. The van der Waals surface area contributed by atoms with Crippen molar-refractivity contribution in [2.45, 2.75) is 31.1 Å². The molecule has 0 radical (unpaired) electrons. The molecule has 0 spiro atoms. The van der Waals surface area contributed by atoms with Gasteiger partial charge in [0, 0.05) is 11.1 Å². The van der Waals surface area contributed by atoms with Crippen LogP contribution in [-0.2, 0) is 16.1 Å². The molecule has 1 saturated heterocycles. The number of rotatable bonds is 4. The highest BCUT2D eigenvalue weighted by molar-refractivity contribution is 8.04. The number of anilines is 1. The van der Waals surface area contributed by atoms with Crippen LogP contribution in [0.3, 0.4) is 0 Å². The van der Waals surface area contributed by atoms with E-state index in [1.165, 1.54) is 15.7 Å². The SMILES string of the molecule is C[Si](C)(C)CN1C(=C2OC(=S)N(Cc3ccccc3)C2=O)Sc2c1ccc1ccccc21. The molecule has 2 aliphatic rings. The Kier molecular flexibility index (Phi) is 5.35. The summed E-state index contributed by atoms with van der Waals surface area (Å²) >= 11 is 7.09. The molecule has 1 amide bonds. The largest absolute Gasteiger partial charge is 0.423 e. The summed E-state index contributed by atoms with van der Waals surface area (Å²) in [6.07, 6.45) is 0.895. The number of ether oxygens (including phenoxy) is 1. The topological polar surface area (TPSA) is 32.8 Å². The lowest BCUT2D eigenvalue weighted by Crippen LogP contribution is -2.39. The third-order valence-electron chi connectivity index (χ3n) is 5.45. The van der Waals surface area contributed by atoms with Crippen LogP contribution in [0.25, 0.3) is 10.8 Å². The lowest BCUT2D eigenvalue weighted by Gasteiger charge is -2.28. The molecule has 0 aromatic heterocycles. The number of fused-ring (bicyclic) bond motifs is 3. The van der Waals surface area contributed by atoms with E-state index in [9.17, 15) is 4.79 Å². The van der Waals surface area contributed by atoms with Gasteiger partial charge in [-0.05, 0) is 34.6 Å². The second-order valence-corrected chi connectivity index (χ2v) is 16.0. The lowest BCUT2D eigenvalue weighted by atomic mass is 10.1. The minimum absolute atomic E-state index is 0.168. The first-order valence-electron chi connectivity index (χ1n) is 10.6. The molecule has 7 heteroatoms. The van der Waals surface area contributed by atoms with E-state index in [1.54, 1.807) is 16.7 Å². The van der Waals surface area contributed by atoms with Crippen molar-refractivity contribution in [2.75, 3.05) is 11.1 Å². The molecule has 0 unspecified atom stereocenters. The highest BCUT2D eigenvalue weighted by Crippen LogP contribution is 2.51. The van der Waals surface area contributed by atoms with Crippen LogP contribution < -0.4 is 4.90 Å². The Balaban J connectivity index is 1.58. The Morgan fingerprint density at radius 3 is 2.41 bits per heavy atom. The van der Waals surface area contributed by atoms with Gasteiger partial charge in [-0.25, -0.2) is 0 Å². The molecule has 2 aliphatic heterocycles. The number of thioether (sulfide) groups is 1. The molecule has 5 rings (SSSR count). The summed E-state index contributed by atoms with van der Waals surface area (Å²) in [5.74, 6) is 0.175. The number of hydrogen-bond acceptors (Lipinski definition) is 5. The molecular formula is C25H24N2O2S2Si. The van der Waals surface area contributed by atoms with Crippen molar-refractivity contribution in [2.24, 2.45) is 0 Å². The smallest absolute Gasteiger partial charge is 0.300 e. The van der Waals surface area contributed by atoms with E-state index in [0.29, 0.717) is 12.3 Å². The van der Waals surface area contributed by atoms with Crippen LogP contribution in [0.15, 0.2) is 82.4 Å². The van der Waals surface area contributed by atoms with Crippen LogP contribution in [0.2, 0.25) is 19.6 Å². The van der Waals surface area contributed by atoms with E-state index in [1.807, 2.05) is 30.3 Å². The van der Waals surface area contributed by atoms with E-state index in [4.69, 9.17) is 17.0 Å². The molecule has 2 heterocycles. The monoisotopic (exact) mass is 476 g/mol. The average molecular weight is 477 g/mol. The third kappa shape index (κ3) is 3.85. The minimum atomic E-state index is -1.50. The molecular weight excluding hydrogens is 453 g/mol. The zero-order valence-electron chi connectivity index (χ0n) is 18.3. The van der Waals surface area contributed by atoms with Crippen molar-refractivity contribution in [3.8, 4) is 0 Å². The standard InChI is InChI=1S/C25H24N2O2S2Si/c1-32(2,3)16-27-20-14-13-18-11-7-8-12-19(18)22(20)31-24(27)21-23(28)26(25(30)29-21)15-17-9-5-4-6-10-17/h4-14H,15-16H2,1-3H3. The van der Waals surface area contributed by atoms with Crippen LogP contribution in [0.4, 0.5) is 5.69 Å². The van der Waals surface area contributed by atoms with Crippen LogP contribution in [0.5, 0.6) is 0 Å². The third-order valence-corrected chi connectivity index (χ3v) is 8.25. The highest BCUT2D eigenvalue weighted by Gasteiger charge is 2.41. The molecule has 0 bridgehead atoms. The summed E-state index contributed by atoms with van der Waals surface area (Å²) in [6, 6.07) is 22.6. The number of thiocarbonyl (C=S) groups is 1. The summed E-state index contributed by atoms with van der Waals surface area (Å²) < 4.78 is 5.97. The normalized spacial score (nSPS) is 18.5. The van der Waals surface area contributed by atoms with Gasteiger partial charge in [0.15, 0.2) is 0 Å². The van der Waals surface area contributed by atoms with Gasteiger partial charge in [0.05, 0.1) is 20.3 Å². The maximum absolute atomic E-state index is 13.5. The summed E-state index contributed by atoms with van der Waals surface area (Å²) in [4.78, 5) is 18.5. The molecule has 0 aliphatic carbocycles. The molecule has 3 aromatic rings. The summed E-state index contributed by atoms with van der Waals surface area (Å²) in [7, 11) is -1.50. The number of carbonyl (C=O) groups excluding carboxylic acids is 1. The predicted octanol–water partition coefficient (Wildman–Crippen LogP) is 6.14. The highest BCUT2D eigenvalue weighted by atomic mass is 32.2. The molecule has 3 aromatic carbocycles. The molecule has 32 heavy (non-hydrogen) atoms. The number of carbonyl (C=O) groups is 1. The molecule has 0 atom stereocenters. The van der Waals surface area contributed by atoms with Gasteiger partial charge >= 0.3 is 0 Å². The van der Waals surface area contributed by atoms with Crippen LogP contribution >= 0.6 is 24.0 Å². The molecule has 0 saturated carbocycles. The molecule has 0 N–H and O–H groups in total. The van der Waals surface area contributed by atoms with E-state index < -0.39 is 8.07 Å². The first kappa shape index (κ1) is 21.2. The molecule has 4 nitrogen and oxygen atoms in total. The molecule has 1 fully saturated rings. The maximum atomic E-state index is 13.5. The second kappa shape index (κ2) is 8.06. The summed E-state index contributed by atoms with van der Waals surface area (Å²) in [6.45, 7) is 7.41. The van der Waals surface area contributed by atoms with Crippen LogP contribution in [-0.4, -0.2) is 30.2 Å². The minimum Gasteiger partial charge on any atom is -0.423 e. The van der Waals surface area contributed by atoms with Gasteiger partial charge < -0.3 is 9.64 Å². The Bertz CT molecular complexity index is 1270. The zero-order valence-corrected chi connectivity index (χ0v) is 20.9.